The molecule has 0 aromatic heterocycles. The van der Waals surface area contributed by atoms with Crippen molar-refractivity contribution in [3.8, 4) is 0 Å². The zero-order chi connectivity index (χ0) is 27.1. The molecule has 0 radical (unpaired) electrons. The second-order valence-electron chi connectivity index (χ2n) is 9.35. The number of halogens is 3. The Kier molecular flexibility index (Phi) is 7.13. The van der Waals surface area contributed by atoms with Crippen molar-refractivity contribution in [1.29, 1.82) is 0 Å². The Bertz CT molecular complexity index is 1320. The van der Waals surface area contributed by atoms with Crippen LogP contribution in [0.25, 0.3) is 0 Å². The van der Waals surface area contributed by atoms with Crippen molar-refractivity contribution in [2.24, 2.45) is 0 Å². The Morgan fingerprint density at radius 3 is 0.919 bits per heavy atom. The zero-order valence-electron chi connectivity index (χ0n) is 21.0. The summed E-state index contributed by atoms with van der Waals surface area (Å²) in [6, 6.07) is 27.9. The van der Waals surface area contributed by atoms with Gasteiger partial charge in [-0.1, -0.05) is 0 Å². The summed E-state index contributed by atoms with van der Waals surface area (Å²) in [6.45, 7) is 7.46. The van der Waals surface area contributed by atoms with E-state index in [4.69, 9.17) is 2.46 Å². The van der Waals surface area contributed by atoms with Crippen LogP contribution < -0.4 is 14.0 Å². The van der Waals surface area contributed by atoms with Gasteiger partial charge < -0.3 is 0 Å². The molecule has 0 bridgehead atoms. The normalized spacial score (nSPS) is 13.6. The molecule has 0 aliphatic carbocycles. The molecule has 0 aliphatic rings. The van der Waals surface area contributed by atoms with Crippen LogP contribution in [-0.2, 0) is 12.6 Å². The van der Waals surface area contributed by atoms with Crippen LogP contribution in [0.5, 0.6) is 0 Å². The molecule has 194 valence electrons. The van der Waals surface area contributed by atoms with Crippen LogP contribution >= 0.6 is 0 Å². The van der Waals surface area contributed by atoms with E-state index in [1.807, 2.05) is 27.7 Å². The van der Waals surface area contributed by atoms with Gasteiger partial charge in [-0.15, -0.1) is 0 Å². The fraction of sp³-hybridized carbons (Fsp3) is 0.172. The summed E-state index contributed by atoms with van der Waals surface area (Å²) in [5.41, 5.74) is -2.09. The first-order valence-corrected chi connectivity index (χ1v) is 19.2. The predicted molar refractivity (Wildman–Crippen MR) is 145 cm³/mol. The van der Waals surface area contributed by atoms with Gasteiger partial charge >= 0.3 is 219 Å². The topological polar surface area (TPSA) is 43.4 Å². The fourth-order valence-electron chi connectivity index (χ4n) is 4.62. The third-order valence-corrected chi connectivity index (χ3v) is 26.6. The first kappa shape index (κ1) is 27.4. The summed E-state index contributed by atoms with van der Waals surface area (Å²) < 4.78 is 76.4. The molecular weight excluding hydrogens is 607 g/mol. The van der Waals surface area contributed by atoms with Crippen molar-refractivity contribution in [2.45, 2.75) is 33.2 Å². The standard InChI is InChI=1S/4C7H7.CHF3O3S.Sb/c4*1-7-5-3-2-4-6-7;2-1(3,4)8(5,6)7;/h4*3-6H,1H3;(H,5,6,7);/q;;;;;+1/p-1. The molecule has 0 saturated carbocycles. The molecule has 0 spiro atoms. The van der Waals surface area contributed by atoms with Crippen LogP contribution in [0, 0.1) is 27.7 Å². The molecule has 4 aromatic rings. The van der Waals surface area contributed by atoms with Crippen molar-refractivity contribution in [3.63, 3.8) is 0 Å². The molecule has 0 atom stereocenters. The molecule has 4 aromatic carbocycles. The second kappa shape index (κ2) is 9.61. The molecule has 0 saturated heterocycles. The Morgan fingerprint density at radius 1 is 0.514 bits per heavy atom. The Hall–Kier alpha value is -2.60. The average molecular weight is 635 g/mol. The van der Waals surface area contributed by atoms with Gasteiger partial charge in [0, 0.05) is 0 Å². The Morgan fingerprint density at radius 2 is 0.730 bits per heavy atom. The predicted octanol–water partition coefficient (Wildman–Crippen LogP) is 4.61. The van der Waals surface area contributed by atoms with Crippen LogP contribution in [0.15, 0.2) is 97.1 Å². The average Bonchev–Trinajstić information content (AvgIpc) is 2.84. The summed E-state index contributed by atoms with van der Waals surface area (Å²) in [4.78, 5) is 0. The molecule has 0 amide bonds. The van der Waals surface area contributed by atoms with Gasteiger partial charge in [-0.3, -0.25) is 0 Å². The van der Waals surface area contributed by atoms with Gasteiger partial charge in [0.25, 0.3) is 0 Å². The number of hydrogen-bond acceptors (Lipinski definition) is 3. The van der Waals surface area contributed by atoms with Crippen LogP contribution in [0.1, 0.15) is 22.3 Å². The van der Waals surface area contributed by atoms with Gasteiger partial charge in [0.1, 0.15) is 0 Å². The van der Waals surface area contributed by atoms with E-state index in [1.54, 1.807) is 97.1 Å². The first-order valence-electron chi connectivity index (χ1n) is 11.6. The summed E-state index contributed by atoms with van der Waals surface area (Å²) in [5.74, 6) is 0. The minimum atomic E-state index is -6.27. The van der Waals surface area contributed by atoms with Gasteiger partial charge in [0.15, 0.2) is 0 Å². The molecular formula is C29H28F3O3SSb. The summed E-state index contributed by atoms with van der Waals surface area (Å²) in [5, 5.41) is 0. The van der Waals surface area contributed by atoms with E-state index >= 15 is 0 Å². The number of alkyl halides is 3. The van der Waals surface area contributed by atoms with E-state index in [0.29, 0.717) is 14.0 Å². The number of hydrogen-bond donors (Lipinski definition) is 0. The van der Waals surface area contributed by atoms with Gasteiger partial charge in [0.05, 0.1) is 0 Å². The van der Waals surface area contributed by atoms with Crippen LogP contribution in [0.3, 0.4) is 0 Å². The van der Waals surface area contributed by atoms with Crippen LogP contribution in [0.2, 0.25) is 0 Å². The molecule has 3 nitrogen and oxygen atoms in total. The van der Waals surface area contributed by atoms with Crippen LogP contribution in [-0.4, -0.2) is 31.7 Å². The molecule has 0 aliphatic heterocycles. The van der Waals surface area contributed by atoms with Crippen molar-refractivity contribution in [3.05, 3.63) is 119 Å². The number of aryl methyl sites for hydroxylation is 4. The van der Waals surface area contributed by atoms with Gasteiger partial charge in [-0.05, 0) is 0 Å². The summed E-state index contributed by atoms with van der Waals surface area (Å²) >= 11 is -6.27. The number of rotatable bonds is 6. The van der Waals surface area contributed by atoms with Crippen molar-refractivity contribution < 1.29 is 24.1 Å². The molecule has 8 heteroatoms. The molecule has 37 heavy (non-hydrogen) atoms. The Labute approximate surface area is 217 Å². The van der Waals surface area contributed by atoms with Crippen molar-refractivity contribution >= 4 is 42.0 Å². The summed E-state index contributed by atoms with van der Waals surface area (Å²) in [7, 11) is -6.06. The van der Waals surface area contributed by atoms with E-state index < -0.39 is 33.4 Å². The zero-order valence-corrected chi connectivity index (χ0v) is 24.3. The van der Waals surface area contributed by atoms with E-state index in [1.165, 1.54) is 0 Å². The summed E-state index contributed by atoms with van der Waals surface area (Å²) in [6.07, 6.45) is 0. The molecule has 0 fully saturated rings. The third-order valence-electron chi connectivity index (χ3n) is 6.64. The SMILES string of the molecule is Cc1cc[c]([Sb]([O]S(=O)(=O)C(F)(F)F)([c]2ccc(C)cc2)([c]2ccc(C)cc2)[c]2ccc(C)cc2)cc1. The first-order chi connectivity index (χ1) is 17.3. The maximum atomic E-state index is 14.2. The van der Waals surface area contributed by atoms with Gasteiger partial charge in [0.2, 0.25) is 0 Å². The van der Waals surface area contributed by atoms with Crippen molar-refractivity contribution in [2.75, 3.05) is 0 Å². The molecule has 0 heterocycles. The quantitative estimate of drug-likeness (QED) is 0.230. The molecule has 4 rings (SSSR count). The third kappa shape index (κ3) is 4.51. The van der Waals surface area contributed by atoms with E-state index in [9.17, 15) is 21.6 Å². The molecule has 0 unspecified atom stereocenters. The van der Waals surface area contributed by atoms with E-state index in [0.717, 1.165) is 22.3 Å². The minimum absolute atomic E-state index is 0.419. The van der Waals surface area contributed by atoms with Gasteiger partial charge in [-0.25, -0.2) is 0 Å². The van der Waals surface area contributed by atoms with E-state index in [-0.39, 0.29) is 0 Å². The second-order valence-corrected chi connectivity index (χ2v) is 24.0. The molecule has 0 N–H and O–H groups in total. The maximum absolute atomic E-state index is 14.2. The van der Waals surface area contributed by atoms with Crippen LogP contribution in [0.4, 0.5) is 13.2 Å². The monoisotopic (exact) mass is 634 g/mol. The number of benzene rings is 4. The van der Waals surface area contributed by atoms with Gasteiger partial charge in [-0.2, -0.15) is 0 Å². The fourth-order valence-corrected chi connectivity index (χ4v) is 25.8. The van der Waals surface area contributed by atoms with E-state index in [2.05, 4.69) is 0 Å². The van der Waals surface area contributed by atoms with Crippen molar-refractivity contribution in [1.82, 2.24) is 0 Å². The Balaban J connectivity index is 2.36.